The molecule has 292 valence electrons. The molecule has 2 aromatic rings. The zero-order valence-electron chi connectivity index (χ0n) is 33.4. The van der Waals surface area contributed by atoms with Crippen molar-refractivity contribution in [3.63, 3.8) is 0 Å². The minimum absolute atomic E-state index is 0.0864. The van der Waals surface area contributed by atoms with Crippen molar-refractivity contribution in [3.8, 4) is 0 Å². The Morgan fingerprint density at radius 2 is 1.08 bits per heavy atom. The van der Waals surface area contributed by atoms with Gasteiger partial charge in [-0.05, 0) is 82.1 Å². The van der Waals surface area contributed by atoms with Crippen molar-refractivity contribution < 1.29 is 33.0 Å². The number of rotatable bonds is 32. The minimum Gasteiger partial charge on any atom is -0.466 e. The van der Waals surface area contributed by atoms with E-state index in [1.807, 2.05) is 0 Å². The standard InChI is InChI=1S/C44H74O7/c1-6-8-21-27-38-32-35(3)40(49-38)28-22-17-13-11-9-10-12-14-19-24-30-43(46)48-34-39(33-45)50-44(47)31-25-20-16-15-18-23-29-42-37(5)36(4)41(51-42)26-7-2/h32,39,45H,6-31,33-34H2,1-5H3/t39-/m0/s1. The summed E-state index contributed by atoms with van der Waals surface area (Å²) in [7, 11) is 0. The summed E-state index contributed by atoms with van der Waals surface area (Å²) >= 11 is 0. The SMILES string of the molecule is CCCCCc1cc(C)c(CCCCCCCCCCCCC(=O)OC[C@H](CO)OC(=O)CCCCCCCCc2oc(CCC)c(C)c2C)o1. The molecule has 0 aromatic carbocycles. The van der Waals surface area contributed by atoms with E-state index >= 15 is 0 Å². The number of furan rings is 2. The van der Waals surface area contributed by atoms with Gasteiger partial charge in [-0.25, -0.2) is 0 Å². The maximum atomic E-state index is 12.3. The third kappa shape index (κ3) is 19.8. The van der Waals surface area contributed by atoms with Gasteiger partial charge < -0.3 is 23.4 Å². The highest BCUT2D eigenvalue weighted by molar-refractivity contribution is 5.70. The fourth-order valence-electron chi connectivity index (χ4n) is 6.79. The summed E-state index contributed by atoms with van der Waals surface area (Å²) in [5.41, 5.74) is 3.94. The van der Waals surface area contributed by atoms with Crippen molar-refractivity contribution in [2.75, 3.05) is 13.2 Å². The highest BCUT2D eigenvalue weighted by atomic mass is 16.6. The number of hydrogen-bond donors (Lipinski definition) is 1. The first-order valence-electron chi connectivity index (χ1n) is 20.9. The van der Waals surface area contributed by atoms with Crippen molar-refractivity contribution in [2.45, 2.75) is 208 Å². The number of aliphatic hydroxyl groups is 1. The largest absolute Gasteiger partial charge is 0.466 e. The third-order valence-corrected chi connectivity index (χ3v) is 10.2. The van der Waals surface area contributed by atoms with Crippen LogP contribution < -0.4 is 0 Å². The zero-order chi connectivity index (χ0) is 37.1. The van der Waals surface area contributed by atoms with E-state index in [1.165, 1.54) is 86.7 Å². The molecule has 7 nitrogen and oxygen atoms in total. The molecule has 1 N–H and O–H groups in total. The Balaban J connectivity index is 1.38. The van der Waals surface area contributed by atoms with Gasteiger partial charge in [0, 0.05) is 38.5 Å². The summed E-state index contributed by atoms with van der Waals surface area (Å²) in [6.07, 6.45) is 26.8. The maximum Gasteiger partial charge on any atom is 0.306 e. The molecule has 2 aromatic heterocycles. The van der Waals surface area contributed by atoms with Gasteiger partial charge in [-0.15, -0.1) is 0 Å². The van der Waals surface area contributed by atoms with Crippen LogP contribution in [0.4, 0.5) is 0 Å². The Bertz CT molecular complexity index is 1190. The Labute approximate surface area is 311 Å². The summed E-state index contributed by atoms with van der Waals surface area (Å²) in [6, 6.07) is 2.24. The molecule has 51 heavy (non-hydrogen) atoms. The molecule has 0 saturated heterocycles. The van der Waals surface area contributed by atoms with E-state index in [1.54, 1.807) is 0 Å². The molecule has 0 unspecified atom stereocenters. The average molecular weight is 715 g/mol. The quantitative estimate of drug-likeness (QED) is 0.0595. The lowest BCUT2D eigenvalue weighted by Gasteiger charge is -2.15. The lowest BCUT2D eigenvalue weighted by molar-refractivity contribution is -0.161. The molecule has 1 atom stereocenters. The molecule has 2 rings (SSSR count). The van der Waals surface area contributed by atoms with Gasteiger partial charge in [-0.3, -0.25) is 9.59 Å². The number of aryl methyl sites for hydroxylation is 5. The summed E-state index contributed by atoms with van der Waals surface area (Å²) < 4.78 is 22.8. The fraction of sp³-hybridized carbons (Fsp3) is 0.773. The first-order valence-corrected chi connectivity index (χ1v) is 20.9. The van der Waals surface area contributed by atoms with Gasteiger partial charge in [-0.1, -0.05) is 104 Å². The first kappa shape index (κ1) is 44.6. The summed E-state index contributed by atoms with van der Waals surface area (Å²) in [5, 5.41) is 9.61. The van der Waals surface area contributed by atoms with Crippen LogP contribution in [0.2, 0.25) is 0 Å². The number of carbonyl (C=O) groups excluding carboxylic acids is 2. The molecule has 0 aliphatic heterocycles. The lowest BCUT2D eigenvalue weighted by Crippen LogP contribution is -2.28. The number of hydrogen-bond acceptors (Lipinski definition) is 7. The molecule has 0 aliphatic carbocycles. The topological polar surface area (TPSA) is 99.1 Å². The van der Waals surface area contributed by atoms with Gasteiger partial charge in [0.05, 0.1) is 6.61 Å². The van der Waals surface area contributed by atoms with E-state index in [0.717, 1.165) is 107 Å². The van der Waals surface area contributed by atoms with Gasteiger partial charge in [0.15, 0.2) is 6.10 Å². The minimum atomic E-state index is -0.796. The van der Waals surface area contributed by atoms with Gasteiger partial charge in [0.1, 0.15) is 29.6 Å². The van der Waals surface area contributed by atoms with E-state index in [9.17, 15) is 14.7 Å². The number of ether oxygens (including phenoxy) is 2. The molecule has 0 spiro atoms. The molecular formula is C44H74O7. The van der Waals surface area contributed by atoms with Crippen LogP contribution in [0.5, 0.6) is 0 Å². The van der Waals surface area contributed by atoms with Crippen molar-refractivity contribution >= 4 is 11.9 Å². The highest BCUT2D eigenvalue weighted by Crippen LogP contribution is 2.25. The van der Waals surface area contributed by atoms with Crippen LogP contribution >= 0.6 is 0 Å². The number of carbonyl (C=O) groups is 2. The summed E-state index contributed by atoms with van der Waals surface area (Å²) in [5.74, 6) is 4.00. The highest BCUT2D eigenvalue weighted by Gasteiger charge is 2.16. The van der Waals surface area contributed by atoms with E-state index in [-0.39, 0.29) is 25.2 Å². The predicted octanol–water partition coefficient (Wildman–Crippen LogP) is 11.7. The second kappa shape index (κ2) is 28.0. The number of unbranched alkanes of at least 4 members (excludes halogenated alkanes) is 16. The van der Waals surface area contributed by atoms with Crippen molar-refractivity contribution in [3.05, 3.63) is 45.8 Å². The van der Waals surface area contributed by atoms with Gasteiger partial charge in [0.25, 0.3) is 0 Å². The van der Waals surface area contributed by atoms with E-state index in [4.69, 9.17) is 18.3 Å². The van der Waals surface area contributed by atoms with Gasteiger partial charge >= 0.3 is 11.9 Å². The Morgan fingerprint density at radius 1 is 0.588 bits per heavy atom. The molecule has 0 radical (unpaired) electrons. The van der Waals surface area contributed by atoms with Crippen LogP contribution in [0.25, 0.3) is 0 Å². The molecule has 7 heteroatoms. The number of aliphatic hydroxyl groups excluding tert-OH is 1. The monoisotopic (exact) mass is 715 g/mol. The normalized spacial score (nSPS) is 12.0. The molecular weight excluding hydrogens is 640 g/mol. The van der Waals surface area contributed by atoms with E-state index < -0.39 is 6.10 Å². The second-order valence-electron chi connectivity index (χ2n) is 14.9. The van der Waals surface area contributed by atoms with Crippen molar-refractivity contribution in [2.24, 2.45) is 0 Å². The fourth-order valence-corrected chi connectivity index (χ4v) is 6.79. The van der Waals surface area contributed by atoms with Crippen LogP contribution in [-0.4, -0.2) is 36.4 Å². The average Bonchev–Trinajstić information content (AvgIpc) is 3.60. The Kier molecular flexibility index (Phi) is 24.5. The third-order valence-electron chi connectivity index (χ3n) is 10.2. The maximum absolute atomic E-state index is 12.3. The van der Waals surface area contributed by atoms with Crippen molar-refractivity contribution in [1.82, 2.24) is 0 Å². The summed E-state index contributed by atoms with van der Waals surface area (Å²) in [4.78, 5) is 24.4. The molecule has 0 saturated carbocycles. The smallest absolute Gasteiger partial charge is 0.306 e. The molecule has 0 fully saturated rings. The lowest BCUT2D eigenvalue weighted by atomic mass is 10.0. The second-order valence-corrected chi connectivity index (χ2v) is 14.9. The zero-order valence-corrected chi connectivity index (χ0v) is 33.4. The van der Waals surface area contributed by atoms with Crippen LogP contribution in [0.15, 0.2) is 14.9 Å². The molecule has 2 heterocycles. The van der Waals surface area contributed by atoms with Crippen LogP contribution in [0.3, 0.4) is 0 Å². The molecule has 0 amide bonds. The number of esters is 2. The van der Waals surface area contributed by atoms with Crippen LogP contribution in [-0.2, 0) is 44.7 Å². The van der Waals surface area contributed by atoms with Gasteiger partial charge in [-0.2, -0.15) is 0 Å². The summed E-state index contributed by atoms with van der Waals surface area (Å²) in [6.45, 7) is 10.5. The van der Waals surface area contributed by atoms with Crippen LogP contribution in [0, 0.1) is 20.8 Å². The molecule has 0 aliphatic rings. The molecule has 0 bridgehead atoms. The first-order chi connectivity index (χ1) is 24.8. The van der Waals surface area contributed by atoms with Crippen LogP contribution in [0.1, 0.15) is 195 Å². The van der Waals surface area contributed by atoms with Gasteiger partial charge in [0.2, 0.25) is 0 Å². The Morgan fingerprint density at radius 3 is 1.63 bits per heavy atom. The predicted molar refractivity (Wildman–Crippen MR) is 207 cm³/mol. The van der Waals surface area contributed by atoms with E-state index in [0.29, 0.717) is 12.8 Å². The van der Waals surface area contributed by atoms with Crippen molar-refractivity contribution in [1.29, 1.82) is 0 Å². The Hall–Kier alpha value is -2.54. The van der Waals surface area contributed by atoms with E-state index in [2.05, 4.69) is 40.7 Å².